The quantitative estimate of drug-likeness (QED) is 0.823. The Morgan fingerprint density at radius 3 is 2.47 bits per heavy atom. The van der Waals surface area contributed by atoms with Gasteiger partial charge in [0.15, 0.2) is 0 Å². The van der Waals surface area contributed by atoms with Gasteiger partial charge in [0.2, 0.25) is 0 Å². The third-order valence-electron chi connectivity index (χ3n) is 2.88. The summed E-state index contributed by atoms with van der Waals surface area (Å²) < 4.78 is 0. The Balaban J connectivity index is 1.92. The van der Waals surface area contributed by atoms with E-state index in [0.29, 0.717) is 0 Å². The lowest BCUT2D eigenvalue weighted by Crippen LogP contribution is -2.19. The zero-order valence-corrected chi connectivity index (χ0v) is 9.18. The van der Waals surface area contributed by atoms with Crippen molar-refractivity contribution in [3.05, 3.63) is 60.2 Å². The first-order chi connectivity index (χ1) is 8.34. The predicted octanol–water partition coefficient (Wildman–Crippen LogP) is 2.79. The lowest BCUT2D eigenvalue weighted by atomic mass is 10.1. The molecule has 1 aliphatic heterocycles. The summed E-state index contributed by atoms with van der Waals surface area (Å²) in [5, 5.41) is 6.10. The monoisotopic (exact) mass is 224 g/mol. The Morgan fingerprint density at radius 1 is 0.941 bits per heavy atom. The highest BCUT2D eigenvalue weighted by Gasteiger charge is 2.29. The summed E-state index contributed by atoms with van der Waals surface area (Å²) in [5.74, 6) is -0.00458. The lowest BCUT2D eigenvalue weighted by molar-refractivity contribution is -0.116. The number of rotatable bonds is 2. The molecule has 1 amide bonds. The Morgan fingerprint density at radius 2 is 1.65 bits per heavy atom. The van der Waals surface area contributed by atoms with Gasteiger partial charge in [-0.15, -0.1) is 0 Å². The van der Waals surface area contributed by atoms with Gasteiger partial charge in [0.05, 0.1) is 0 Å². The standard InChI is InChI=1S/C14H12N2O/c17-14-13(15-10-6-2-1-3-7-10)11-8-4-5-9-12(11)16-14/h1-9,13,15H,(H,16,17). The first kappa shape index (κ1) is 9.90. The van der Waals surface area contributed by atoms with Crippen molar-refractivity contribution < 1.29 is 4.79 Å². The number of hydrogen-bond acceptors (Lipinski definition) is 2. The summed E-state index contributed by atoms with van der Waals surface area (Å²) in [5.41, 5.74) is 2.84. The zero-order valence-electron chi connectivity index (χ0n) is 9.18. The zero-order chi connectivity index (χ0) is 11.7. The second kappa shape index (κ2) is 3.94. The van der Waals surface area contributed by atoms with Crippen LogP contribution < -0.4 is 10.6 Å². The fraction of sp³-hybridized carbons (Fsp3) is 0.0714. The van der Waals surface area contributed by atoms with Crippen LogP contribution >= 0.6 is 0 Å². The van der Waals surface area contributed by atoms with Gasteiger partial charge in [0.1, 0.15) is 6.04 Å². The molecule has 0 spiro atoms. The van der Waals surface area contributed by atoms with Gasteiger partial charge in [-0.3, -0.25) is 4.79 Å². The molecule has 3 heteroatoms. The second-order valence-electron chi connectivity index (χ2n) is 4.02. The SMILES string of the molecule is O=C1Nc2ccccc2C1Nc1ccccc1. The number of nitrogens with one attached hydrogen (secondary N) is 2. The number of para-hydroxylation sites is 2. The van der Waals surface area contributed by atoms with E-state index in [2.05, 4.69) is 10.6 Å². The third kappa shape index (κ3) is 1.76. The van der Waals surface area contributed by atoms with E-state index in [-0.39, 0.29) is 11.9 Å². The van der Waals surface area contributed by atoms with Gasteiger partial charge in [-0.2, -0.15) is 0 Å². The van der Waals surface area contributed by atoms with Crippen LogP contribution in [0.25, 0.3) is 0 Å². The van der Waals surface area contributed by atoms with Crippen LogP contribution in [0.15, 0.2) is 54.6 Å². The number of carbonyl (C=O) groups is 1. The first-order valence-corrected chi connectivity index (χ1v) is 5.56. The molecular weight excluding hydrogens is 212 g/mol. The number of amides is 1. The molecule has 1 aliphatic rings. The average molecular weight is 224 g/mol. The molecule has 84 valence electrons. The van der Waals surface area contributed by atoms with Crippen molar-refractivity contribution in [1.29, 1.82) is 0 Å². The predicted molar refractivity (Wildman–Crippen MR) is 67.9 cm³/mol. The summed E-state index contributed by atoms with van der Waals surface area (Å²) in [7, 11) is 0. The van der Waals surface area contributed by atoms with Crippen molar-refractivity contribution in [2.45, 2.75) is 6.04 Å². The molecule has 0 saturated heterocycles. The molecule has 0 fully saturated rings. The van der Waals surface area contributed by atoms with Gasteiger partial charge < -0.3 is 10.6 Å². The Labute approximate surface area is 99.5 Å². The van der Waals surface area contributed by atoms with Crippen LogP contribution in [-0.4, -0.2) is 5.91 Å². The maximum atomic E-state index is 11.9. The molecule has 1 heterocycles. The molecule has 0 bridgehead atoms. The summed E-state index contributed by atoms with van der Waals surface area (Å²) in [6, 6.07) is 17.2. The number of benzene rings is 2. The molecule has 1 atom stereocenters. The normalized spacial score (nSPS) is 17.4. The van der Waals surface area contributed by atoms with Crippen LogP contribution in [0, 0.1) is 0 Å². The number of anilines is 2. The van der Waals surface area contributed by atoms with E-state index in [1.807, 2.05) is 54.6 Å². The molecule has 0 saturated carbocycles. The number of fused-ring (bicyclic) bond motifs is 1. The molecule has 3 nitrogen and oxygen atoms in total. The largest absolute Gasteiger partial charge is 0.370 e. The van der Waals surface area contributed by atoms with Crippen molar-refractivity contribution in [2.24, 2.45) is 0 Å². The minimum atomic E-state index is -0.298. The summed E-state index contributed by atoms with van der Waals surface area (Å²) in [6.45, 7) is 0. The van der Waals surface area contributed by atoms with Crippen LogP contribution in [0.2, 0.25) is 0 Å². The van der Waals surface area contributed by atoms with Crippen molar-refractivity contribution >= 4 is 17.3 Å². The third-order valence-corrected chi connectivity index (χ3v) is 2.88. The van der Waals surface area contributed by atoms with E-state index in [1.54, 1.807) is 0 Å². The maximum Gasteiger partial charge on any atom is 0.251 e. The van der Waals surface area contributed by atoms with E-state index in [4.69, 9.17) is 0 Å². The molecule has 2 N–H and O–H groups in total. The van der Waals surface area contributed by atoms with Gasteiger partial charge in [-0.25, -0.2) is 0 Å². The molecule has 0 aliphatic carbocycles. The van der Waals surface area contributed by atoms with Crippen LogP contribution in [0.1, 0.15) is 11.6 Å². The van der Waals surface area contributed by atoms with Gasteiger partial charge in [-0.1, -0.05) is 36.4 Å². The van der Waals surface area contributed by atoms with Crippen LogP contribution in [0.4, 0.5) is 11.4 Å². The van der Waals surface area contributed by atoms with Crippen LogP contribution in [0.5, 0.6) is 0 Å². The molecule has 2 aromatic carbocycles. The van der Waals surface area contributed by atoms with E-state index < -0.39 is 0 Å². The smallest absolute Gasteiger partial charge is 0.251 e. The number of carbonyl (C=O) groups excluding carboxylic acids is 1. The van der Waals surface area contributed by atoms with Gasteiger partial charge in [0.25, 0.3) is 5.91 Å². The summed E-state index contributed by atoms with van der Waals surface area (Å²) >= 11 is 0. The minimum absolute atomic E-state index is 0.00458. The lowest BCUT2D eigenvalue weighted by Gasteiger charge is -2.12. The highest BCUT2D eigenvalue weighted by Crippen LogP contribution is 2.32. The van der Waals surface area contributed by atoms with Crippen molar-refractivity contribution in [2.75, 3.05) is 10.6 Å². The van der Waals surface area contributed by atoms with Crippen molar-refractivity contribution in [3.63, 3.8) is 0 Å². The second-order valence-corrected chi connectivity index (χ2v) is 4.02. The fourth-order valence-electron chi connectivity index (χ4n) is 2.05. The highest BCUT2D eigenvalue weighted by atomic mass is 16.2. The molecular formula is C14H12N2O. The van der Waals surface area contributed by atoms with Crippen molar-refractivity contribution in [1.82, 2.24) is 0 Å². The first-order valence-electron chi connectivity index (χ1n) is 5.56. The van der Waals surface area contributed by atoms with Crippen molar-refractivity contribution in [3.8, 4) is 0 Å². The average Bonchev–Trinajstić information content (AvgIpc) is 2.68. The maximum absolute atomic E-state index is 11.9. The van der Waals surface area contributed by atoms with Crippen LogP contribution in [0.3, 0.4) is 0 Å². The minimum Gasteiger partial charge on any atom is -0.370 e. The Bertz CT molecular complexity index is 551. The topological polar surface area (TPSA) is 41.1 Å². The van der Waals surface area contributed by atoms with Crippen LogP contribution in [-0.2, 0) is 4.79 Å². The van der Waals surface area contributed by atoms with E-state index in [0.717, 1.165) is 16.9 Å². The van der Waals surface area contributed by atoms with E-state index in [1.165, 1.54) is 0 Å². The molecule has 2 aromatic rings. The Kier molecular flexibility index (Phi) is 2.29. The van der Waals surface area contributed by atoms with Gasteiger partial charge in [0, 0.05) is 16.9 Å². The number of hydrogen-bond donors (Lipinski definition) is 2. The van der Waals surface area contributed by atoms with E-state index in [9.17, 15) is 4.79 Å². The van der Waals surface area contributed by atoms with Gasteiger partial charge in [-0.05, 0) is 18.2 Å². The molecule has 17 heavy (non-hydrogen) atoms. The molecule has 0 aromatic heterocycles. The van der Waals surface area contributed by atoms with Gasteiger partial charge >= 0.3 is 0 Å². The molecule has 1 unspecified atom stereocenters. The summed E-state index contributed by atoms with van der Waals surface area (Å²) in [4.78, 5) is 11.9. The molecule has 3 rings (SSSR count). The molecule has 0 radical (unpaired) electrons. The highest BCUT2D eigenvalue weighted by molar-refractivity contribution is 6.04. The fourth-order valence-corrected chi connectivity index (χ4v) is 2.05. The summed E-state index contributed by atoms with van der Waals surface area (Å²) in [6.07, 6.45) is 0. The van der Waals surface area contributed by atoms with E-state index >= 15 is 0 Å². The Hall–Kier alpha value is -2.29.